The second kappa shape index (κ2) is 7.53. The summed E-state index contributed by atoms with van der Waals surface area (Å²) in [5.74, 6) is 1.26. The van der Waals surface area contributed by atoms with Crippen LogP contribution in [0.3, 0.4) is 0 Å². The second-order valence-corrected chi connectivity index (χ2v) is 6.20. The first-order valence-corrected chi connectivity index (χ1v) is 8.71. The first kappa shape index (κ1) is 16.5. The summed E-state index contributed by atoms with van der Waals surface area (Å²) in [7, 11) is 0. The van der Waals surface area contributed by atoms with Crippen LogP contribution in [0.4, 0.5) is 0 Å². The standard InChI is InChI=1S/C19H20N4O3/c24-19(20-12-18-22-21-17-5-1-2-10-23(17)18)14-6-8-15(9-7-14)26-13-16-4-3-11-25-16/h1-2,5-10,16H,3-4,11-13H2,(H,20,24)/t16-/m1/s1. The minimum atomic E-state index is -0.164. The molecular weight excluding hydrogens is 332 g/mol. The van der Waals surface area contributed by atoms with E-state index in [4.69, 9.17) is 9.47 Å². The molecule has 7 heteroatoms. The van der Waals surface area contributed by atoms with Crippen molar-refractivity contribution in [3.8, 4) is 5.75 Å². The molecule has 1 aliphatic heterocycles. The van der Waals surface area contributed by atoms with E-state index >= 15 is 0 Å². The Hall–Kier alpha value is -2.93. The number of ether oxygens (including phenoxy) is 2. The minimum absolute atomic E-state index is 0.164. The third-order valence-electron chi connectivity index (χ3n) is 4.37. The third kappa shape index (κ3) is 3.67. The fourth-order valence-electron chi connectivity index (χ4n) is 2.94. The van der Waals surface area contributed by atoms with Gasteiger partial charge >= 0.3 is 0 Å². The molecule has 3 aromatic rings. The highest BCUT2D eigenvalue weighted by atomic mass is 16.5. The average molecular weight is 352 g/mol. The Morgan fingerprint density at radius 1 is 1.23 bits per heavy atom. The van der Waals surface area contributed by atoms with Gasteiger partial charge in [-0.25, -0.2) is 0 Å². The van der Waals surface area contributed by atoms with Crippen molar-refractivity contribution in [2.24, 2.45) is 0 Å². The molecule has 0 spiro atoms. The number of hydrogen-bond donors (Lipinski definition) is 1. The van der Waals surface area contributed by atoms with Gasteiger partial charge < -0.3 is 14.8 Å². The molecule has 3 heterocycles. The number of hydrogen-bond acceptors (Lipinski definition) is 5. The number of carbonyl (C=O) groups excluding carboxylic acids is 1. The van der Waals surface area contributed by atoms with Crippen LogP contribution < -0.4 is 10.1 Å². The number of pyridine rings is 1. The molecule has 134 valence electrons. The van der Waals surface area contributed by atoms with Crippen LogP contribution in [-0.2, 0) is 11.3 Å². The molecule has 2 aromatic heterocycles. The zero-order valence-electron chi connectivity index (χ0n) is 14.3. The summed E-state index contributed by atoms with van der Waals surface area (Å²) in [6.07, 6.45) is 4.18. The quantitative estimate of drug-likeness (QED) is 0.736. The number of nitrogens with zero attached hydrogens (tertiary/aromatic N) is 3. The predicted molar refractivity (Wildman–Crippen MR) is 95.1 cm³/mol. The molecule has 0 unspecified atom stereocenters. The highest BCUT2D eigenvalue weighted by Gasteiger charge is 2.16. The third-order valence-corrected chi connectivity index (χ3v) is 4.37. The maximum absolute atomic E-state index is 12.3. The molecule has 0 bridgehead atoms. The van der Waals surface area contributed by atoms with E-state index in [1.165, 1.54) is 0 Å². The van der Waals surface area contributed by atoms with Crippen molar-refractivity contribution in [3.63, 3.8) is 0 Å². The largest absolute Gasteiger partial charge is 0.491 e. The van der Waals surface area contributed by atoms with Gasteiger partial charge in [0.25, 0.3) is 5.91 Å². The summed E-state index contributed by atoms with van der Waals surface area (Å²) in [5, 5.41) is 11.0. The molecule has 4 rings (SSSR count). The summed E-state index contributed by atoms with van der Waals surface area (Å²) in [6.45, 7) is 1.67. The van der Waals surface area contributed by atoms with Gasteiger partial charge in [-0.2, -0.15) is 0 Å². The van der Waals surface area contributed by atoms with E-state index < -0.39 is 0 Å². The summed E-state index contributed by atoms with van der Waals surface area (Å²) >= 11 is 0. The van der Waals surface area contributed by atoms with Gasteiger partial charge in [0.05, 0.1) is 12.6 Å². The molecule has 1 aliphatic rings. The molecule has 1 N–H and O–H groups in total. The van der Waals surface area contributed by atoms with Crippen LogP contribution in [0.2, 0.25) is 0 Å². The fourth-order valence-corrected chi connectivity index (χ4v) is 2.94. The number of aromatic nitrogens is 3. The van der Waals surface area contributed by atoms with Crippen molar-refractivity contribution in [2.45, 2.75) is 25.5 Å². The molecule has 26 heavy (non-hydrogen) atoms. The van der Waals surface area contributed by atoms with Gasteiger partial charge in [-0.05, 0) is 49.2 Å². The highest BCUT2D eigenvalue weighted by molar-refractivity contribution is 5.94. The van der Waals surface area contributed by atoms with Crippen molar-refractivity contribution in [2.75, 3.05) is 13.2 Å². The molecular formula is C19H20N4O3. The Kier molecular flexibility index (Phi) is 4.79. The monoisotopic (exact) mass is 352 g/mol. The molecule has 7 nitrogen and oxygen atoms in total. The van der Waals surface area contributed by atoms with E-state index in [1.54, 1.807) is 24.3 Å². The first-order valence-electron chi connectivity index (χ1n) is 8.71. The molecule has 1 saturated heterocycles. The van der Waals surface area contributed by atoms with Gasteiger partial charge in [-0.15, -0.1) is 10.2 Å². The molecule has 1 amide bonds. The van der Waals surface area contributed by atoms with Gasteiger partial charge in [0.1, 0.15) is 12.4 Å². The number of fused-ring (bicyclic) bond motifs is 1. The molecule has 0 aliphatic carbocycles. The van der Waals surface area contributed by atoms with Crippen LogP contribution in [-0.4, -0.2) is 39.8 Å². The maximum Gasteiger partial charge on any atom is 0.251 e. The summed E-state index contributed by atoms with van der Waals surface area (Å²) < 4.78 is 13.1. The van der Waals surface area contributed by atoms with E-state index in [-0.39, 0.29) is 12.0 Å². The summed E-state index contributed by atoms with van der Waals surface area (Å²) in [5.41, 5.74) is 1.33. The lowest BCUT2D eigenvalue weighted by Gasteiger charge is -2.11. The van der Waals surface area contributed by atoms with E-state index in [0.29, 0.717) is 24.5 Å². The lowest BCUT2D eigenvalue weighted by atomic mass is 10.2. The molecule has 1 atom stereocenters. The normalized spacial score (nSPS) is 16.7. The van der Waals surface area contributed by atoms with E-state index in [1.807, 2.05) is 28.8 Å². The van der Waals surface area contributed by atoms with Crippen molar-refractivity contribution < 1.29 is 14.3 Å². The first-order chi connectivity index (χ1) is 12.8. The molecule has 0 saturated carbocycles. The Morgan fingerprint density at radius 3 is 2.92 bits per heavy atom. The zero-order valence-corrected chi connectivity index (χ0v) is 14.3. The second-order valence-electron chi connectivity index (χ2n) is 6.20. The van der Waals surface area contributed by atoms with Crippen LogP contribution in [0.15, 0.2) is 48.7 Å². The number of amides is 1. The summed E-state index contributed by atoms with van der Waals surface area (Å²) in [4.78, 5) is 12.3. The topological polar surface area (TPSA) is 77.8 Å². The Morgan fingerprint density at radius 2 is 2.12 bits per heavy atom. The van der Waals surface area contributed by atoms with Gasteiger partial charge in [0.2, 0.25) is 0 Å². The van der Waals surface area contributed by atoms with Crippen LogP contribution in [0.1, 0.15) is 29.0 Å². The van der Waals surface area contributed by atoms with Gasteiger partial charge in [-0.1, -0.05) is 6.07 Å². The Bertz CT molecular complexity index is 885. The van der Waals surface area contributed by atoms with E-state index in [0.717, 1.165) is 30.8 Å². The van der Waals surface area contributed by atoms with Crippen LogP contribution >= 0.6 is 0 Å². The smallest absolute Gasteiger partial charge is 0.251 e. The van der Waals surface area contributed by atoms with Crippen molar-refractivity contribution >= 4 is 11.6 Å². The van der Waals surface area contributed by atoms with Crippen LogP contribution in [0.5, 0.6) is 5.75 Å². The summed E-state index contributed by atoms with van der Waals surface area (Å²) in [6, 6.07) is 12.8. The van der Waals surface area contributed by atoms with Crippen molar-refractivity contribution in [1.29, 1.82) is 0 Å². The molecule has 1 fully saturated rings. The van der Waals surface area contributed by atoms with Crippen molar-refractivity contribution in [3.05, 3.63) is 60.0 Å². The number of carbonyl (C=O) groups is 1. The zero-order chi connectivity index (χ0) is 17.8. The van der Waals surface area contributed by atoms with Crippen LogP contribution in [0.25, 0.3) is 5.65 Å². The van der Waals surface area contributed by atoms with Crippen LogP contribution in [0, 0.1) is 0 Å². The molecule has 0 radical (unpaired) electrons. The Balaban J connectivity index is 1.32. The predicted octanol–water partition coefficient (Wildman–Crippen LogP) is 2.22. The van der Waals surface area contributed by atoms with E-state index in [9.17, 15) is 4.79 Å². The number of benzene rings is 1. The van der Waals surface area contributed by atoms with E-state index in [2.05, 4.69) is 15.5 Å². The SMILES string of the molecule is O=C(NCc1nnc2ccccn12)c1ccc(OC[C@H]2CCCO2)cc1. The lowest BCUT2D eigenvalue weighted by Crippen LogP contribution is -2.24. The Labute approximate surface area is 151 Å². The average Bonchev–Trinajstić information content (AvgIpc) is 3.35. The number of nitrogens with one attached hydrogen (secondary N) is 1. The van der Waals surface area contributed by atoms with Gasteiger partial charge in [0.15, 0.2) is 11.5 Å². The highest BCUT2D eigenvalue weighted by Crippen LogP contribution is 2.16. The fraction of sp³-hybridized carbons (Fsp3) is 0.316. The van der Waals surface area contributed by atoms with Crippen molar-refractivity contribution in [1.82, 2.24) is 19.9 Å². The van der Waals surface area contributed by atoms with Gasteiger partial charge in [-0.3, -0.25) is 9.20 Å². The minimum Gasteiger partial charge on any atom is -0.491 e. The lowest BCUT2D eigenvalue weighted by molar-refractivity contribution is 0.0679. The van der Waals surface area contributed by atoms with Gasteiger partial charge in [0, 0.05) is 18.4 Å². The molecule has 1 aromatic carbocycles. The number of rotatable bonds is 6. The maximum atomic E-state index is 12.3.